The van der Waals surface area contributed by atoms with Gasteiger partial charge < -0.3 is 4.42 Å². The van der Waals surface area contributed by atoms with Crippen molar-refractivity contribution in [2.75, 3.05) is 0 Å². The van der Waals surface area contributed by atoms with Gasteiger partial charge in [-0.15, -0.1) is 11.3 Å². The molecule has 3 aromatic rings. The summed E-state index contributed by atoms with van der Waals surface area (Å²) in [5.41, 5.74) is 4.44. The van der Waals surface area contributed by atoms with Gasteiger partial charge in [-0.1, -0.05) is 31.4 Å². The van der Waals surface area contributed by atoms with Gasteiger partial charge in [-0.2, -0.15) is 5.10 Å². The van der Waals surface area contributed by atoms with Gasteiger partial charge in [0.1, 0.15) is 4.92 Å². The Balaban J connectivity index is 1.76. The maximum absolute atomic E-state index is 10.9. The molecule has 30 heavy (non-hydrogen) atoms. The van der Waals surface area contributed by atoms with E-state index in [1.165, 1.54) is 42.7 Å². The fourth-order valence-corrected chi connectivity index (χ4v) is 4.50. The number of benzene rings is 1. The van der Waals surface area contributed by atoms with Gasteiger partial charge >= 0.3 is 5.88 Å². The van der Waals surface area contributed by atoms with E-state index in [9.17, 15) is 10.1 Å². The molecule has 1 aromatic carbocycles. The highest BCUT2D eigenvalue weighted by molar-refractivity contribution is 7.07. The van der Waals surface area contributed by atoms with Crippen LogP contribution in [0, 0.1) is 24.0 Å². The van der Waals surface area contributed by atoms with E-state index in [1.807, 2.05) is 4.68 Å². The number of aromatic nitrogens is 1. The van der Waals surface area contributed by atoms with E-state index in [1.54, 1.807) is 17.4 Å². The van der Waals surface area contributed by atoms with Crippen molar-refractivity contribution in [2.24, 2.45) is 10.1 Å². The first kappa shape index (κ1) is 20.3. The minimum Gasteiger partial charge on any atom is -0.400 e. The fourth-order valence-electron chi connectivity index (χ4n) is 3.59. The number of furan rings is 1. The molecule has 156 valence electrons. The summed E-state index contributed by atoms with van der Waals surface area (Å²) in [5, 5.41) is 17.5. The monoisotopic (exact) mass is 424 g/mol. The van der Waals surface area contributed by atoms with Gasteiger partial charge in [-0.05, 0) is 49.9 Å². The lowest BCUT2D eigenvalue weighted by atomic mass is 9.96. The Bertz CT molecular complexity index is 1150. The predicted molar refractivity (Wildman–Crippen MR) is 118 cm³/mol. The average molecular weight is 425 g/mol. The normalized spacial score (nSPS) is 15.9. The Morgan fingerprint density at radius 1 is 1.17 bits per heavy atom. The van der Waals surface area contributed by atoms with Crippen molar-refractivity contribution in [3.05, 3.63) is 67.5 Å². The molecule has 0 N–H and O–H groups in total. The maximum atomic E-state index is 10.9. The zero-order valence-electron chi connectivity index (χ0n) is 17.1. The second-order valence-corrected chi connectivity index (χ2v) is 8.45. The minimum absolute atomic E-state index is 0.298. The molecular formula is C22H24N4O3S. The summed E-state index contributed by atoms with van der Waals surface area (Å²) in [4.78, 5) is 16.1. The second kappa shape index (κ2) is 8.79. The SMILES string of the molecule is Cc1ccc(-c2csc(=NC3CCCCC3)n2N=Cc2ccc([N+](=O)[O-])o2)cc1C. The van der Waals surface area contributed by atoms with Crippen LogP contribution in [0.5, 0.6) is 0 Å². The lowest BCUT2D eigenvalue weighted by molar-refractivity contribution is -0.402. The highest BCUT2D eigenvalue weighted by Gasteiger charge is 2.15. The topological polar surface area (TPSA) is 85.9 Å². The first-order valence-electron chi connectivity index (χ1n) is 10.1. The van der Waals surface area contributed by atoms with E-state index < -0.39 is 4.92 Å². The second-order valence-electron chi connectivity index (χ2n) is 7.61. The van der Waals surface area contributed by atoms with Gasteiger partial charge in [0.05, 0.1) is 24.0 Å². The number of aryl methyl sites for hydroxylation is 2. The first-order valence-corrected chi connectivity index (χ1v) is 11.0. The molecule has 0 amide bonds. The quantitative estimate of drug-likeness (QED) is 0.310. The Labute approximate surface area is 178 Å². The molecule has 0 bridgehead atoms. The highest BCUT2D eigenvalue weighted by Crippen LogP contribution is 2.24. The third kappa shape index (κ3) is 4.43. The summed E-state index contributed by atoms with van der Waals surface area (Å²) in [6.07, 6.45) is 7.41. The summed E-state index contributed by atoms with van der Waals surface area (Å²) in [5.74, 6) is 0.0309. The summed E-state index contributed by atoms with van der Waals surface area (Å²) in [6.45, 7) is 4.18. The van der Waals surface area contributed by atoms with Gasteiger partial charge in [-0.25, -0.2) is 4.68 Å². The molecule has 1 fully saturated rings. The average Bonchev–Trinajstić information content (AvgIpc) is 3.37. The standard InChI is InChI=1S/C22H24N4O3S/c1-15-8-9-17(12-16(15)2)20-14-30-22(24-18-6-4-3-5-7-18)25(20)23-13-19-10-11-21(29-19)26(27)28/h8-14,18H,3-7H2,1-2H3. The number of nitro groups is 1. The van der Waals surface area contributed by atoms with Crippen LogP contribution >= 0.6 is 11.3 Å². The van der Waals surface area contributed by atoms with Gasteiger partial charge in [0.25, 0.3) is 0 Å². The van der Waals surface area contributed by atoms with Crippen molar-refractivity contribution in [1.29, 1.82) is 0 Å². The molecule has 4 rings (SSSR count). The van der Waals surface area contributed by atoms with Crippen molar-refractivity contribution in [2.45, 2.75) is 52.0 Å². The van der Waals surface area contributed by atoms with E-state index in [0.29, 0.717) is 11.8 Å². The molecule has 0 saturated heterocycles. The van der Waals surface area contributed by atoms with Crippen LogP contribution in [0.15, 0.2) is 50.2 Å². The smallest absolute Gasteiger partial charge is 0.400 e. The predicted octanol–water partition coefficient (Wildman–Crippen LogP) is 5.45. The van der Waals surface area contributed by atoms with Crippen LogP contribution < -0.4 is 4.80 Å². The van der Waals surface area contributed by atoms with Crippen molar-refractivity contribution in [3.63, 3.8) is 0 Å². The zero-order chi connectivity index (χ0) is 21.1. The van der Waals surface area contributed by atoms with Crippen LogP contribution in [0.1, 0.15) is 49.0 Å². The molecule has 0 atom stereocenters. The third-order valence-electron chi connectivity index (χ3n) is 5.45. The fraction of sp³-hybridized carbons (Fsp3) is 0.364. The van der Waals surface area contributed by atoms with Gasteiger partial charge in [0.2, 0.25) is 4.80 Å². The number of nitrogens with zero attached hydrogens (tertiary/aromatic N) is 4. The molecule has 0 radical (unpaired) electrons. The number of hydrogen-bond acceptors (Lipinski definition) is 6. The lowest BCUT2D eigenvalue weighted by Crippen LogP contribution is -2.19. The van der Waals surface area contributed by atoms with Crippen LogP contribution in [-0.2, 0) is 0 Å². The summed E-state index contributed by atoms with van der Waals surface area (Å²) >= 11 is 1.56. The van der Waals surface area contributed by atoms with Gasteiger partial charge in [-0.3, -0.25) is 15.1 Å². The van der Waals surface area contributed by atoms with Crippen molar-refractivity contribution >= 4 is 23.4 Å². The Kier molecular flexibility index (Phi) is 5.94. The molecule has 1 aliphatic rings. The number of rotatable bonds is 5. The highest BCUT2D eigenvalue weighted by atomic mass is 32.1. The van der Waals surface area contributed by atoms with Crippen molar-refractivity contribution in [1.82, 2.24) is 4.68 Å². The Hall–Kier alpha value is -3.00. The zero-order valence-corrected chi connectivity index (χ0v) is 17.9. The molecule has 2 aromatic heterocycles. The molecule has 2 heterocycles. The number of hydrogen-bond donors (Lipinski definition) is 0. The van der Waals surface area contributed by atoms with Crippen LogP contribution in [0.25, 0.3) is 11.3 Å². The summed E-state index contributed by atoms with van der Waals surface area (Å²) in [7, 11) is 0. The van der Waals surface area contributed by atoms with Crippen LogP contribution in [0.2, 0.25) is 0 Å². The van der Waals surface area contributed by atoms with Gasteiger partial charge in [0, 0.05) is 10.9 Å². The summed E-state index contributed by atoms with van der Waals surface area (Å²) < 4.78 is 7.04. The molecule has 0 unspecified atom stereocenters. The molecule has 0 spiro atoms. The van der Waals surface area contributed by atoms with Crippen LogP contribution in [-0.4, -0.2) is 21.9 Å². The van der Waals surface area contributed by atoms with Gasteiger partial charge in [0.15, 0.2) is 5.76 Å². The molecule has 0 aliphatic heterocycles. The molecular weight excluding hydrogens is 400 g/mol. The minimum atomic E-state index is -0.556. The van der Waals surface area contributed by atoms with E-state index in [-0.39, 0.29) is 5.88 Å². The lowest BCUT2D eigenvalue weighted by Gasteiger charge is -2.16. The van der Waals surface area contributed by atoms with Crippen molar-refractivity contribution in [3.8, 4) is 11.3 Å². The Morgan fingerprint density at radius 2 is 1.97 bits per heavy atom. The number of thiazole rings is 1. The molecule has 8 heteroatoms. The first-order chi connectivity index (χ1) is 14.5. The van der Waals surface area contributed by atoms with E-state index >= 15 is 0 Å². The van der Waals surface area contributed by atoms with Crippen LogP contribution in [0.4, 0.5) is 5.88 Å². The van der Waals surface area contributed by atoms with E-state index in [4.69, 9.17) is 9.41 Å². The van der Waals surface area contributed by atoms with Crippen molar-refractivity contribution < 1.29 is 9.34 Å². The molecule has 7 nitrogen and oxygen atoms in total. The molecule has 1 aliphatic carbocycles. The molecule has 1 saturated carbocycles. The largest absolute Gasteiger partial charge is 0.433 e. The summed E-state index contributed by atoms with van der Waals surface area (Å²) in [6, 6.07) is 9.52. The van der Waals surface area contributed by atoms with E-state index in [0.717, 1.165) is 28.9 Å². The van der Waals surface area contributed by atoms with Crippen LogP contribution in [0.3, 0.4) is 0 Å². The van der Waals surface area contributed by atoms with E-state index in [2.05, 4.69) is 42.5 Å². The third-order valence-corrected chi connectivity index (χ3v) is 6.28. The maximum Gasteiger partial charge on any atom is 0.433 e. The Morgan fingerprint density at radius 3 is 2.67 bits per heavy atom.